The normalized spacial score (nSPS) is 31.7. The van der Waals surface area contributed by atoms with Crippen molar-refractivity contribution in [3.63, 3.8) is 0 Å². The zero-order valence-electron chi connectivity index (χ0n) is 10.6. The zero-order valence-corrected chi connectivity index (χ0v) is 11.4. The van der Waals surface area contributed by atoms with E-state index in [0.717, 1.165) is 19.3 Å². The van der Waals surface area contributed by atoms with Gasteiger partial charge in [0.25, 0.3) is 0 Å². The van der Waals surface area contributed by atoms with Crippen molar-refractivity contribution in [2.75, 3.05) is 5.75 Å². The Morgan fingerprint density at radius 3 is 2.20 bits per heavy atom. The van der Waals surface area contributed by atoms with Crippen LogP contribution in [0.5, 0.6) is 0 Å². The molecule has 2 atom stereocenters. The summed E-state index contributed by atoms with van der Waals surface area (Å²) in [5.74, 6) is 0.922. The molecule has 90 valence electrons. The zero-order chi connectivity index (χ0) is 11.9. The molecule has 0 amide bonds. The summed E-state index contributed by atoms with van der Waals surface area (Å²) in [5, 5.41) is 0. The van der Waals surface area contributed by atoms with Crippen molar-refractivity contribution in [1.82, 2.24) is 0 Å². The number of sulfone groups is 1. The molecule has 1 fully saturated rings. The van der Waals surface area contributed by atoms with Gasteiger partial charge in [0.2, 0.25) is 0 Å². The molecule has 0 aliphatic heterocycles. The van der Waals surface area contributed by atoms with Crippen molar-refractivity contribution in [1.29, 1.82) is 0 Å². The Labute approximate surface area is 94.4 Å². The minimum Gasteiger partial charge on any atom is -0.228 e. The molecule has 1 aliphatic carbocycles. The Kier molecular flexibility index (Phi) is 3.26. The second-order valence-electron chi connectivity index (χ2n) is 5.56. The molecule has 15 heavy (non-hydrogen) atoms. The molecule has 0 aromatic rings. The van der Waals surface area contributed by atoms with Gasteiger partial charge in [-0.3, -0.25) is 0 Å². The highest BCUT2D eigenvalue weighted by atomic mass is 32.2. The Hall–Kier alpha value is -0.0500. The minimum atomic E-state index is -2.95. The highest BCUT2D eigenvalue weighted by molar-refractivity contribution is 7.92. The second kappa shape index (κ2) is 3.76. The maximum absolute atomic E-state index is 12.2. The Bertz CT molecular complexity index is 330. The van der Waals surface area contributed by atoms with Crippen LogP contribution in [0, 0.1) is 11.3 Å². The number of hydrogen-bond donors (Lipinski definition) is 0. The Morgan fingerprint density at radius 2 is 1.87 bits per heavy atom. The van der Waals surface area contributed by atoms with Gasteiger partial charge in [0.15, 0.2) is 9.84 Å². The molecule has 0 spiro atoms. The first-order valence-corrected chi connectivity index (χ1v) is 7.60. The molecule has 0 N–H and O–H groups in total. The van der Waals surface area contributed by atoms with Crippen molar-refractivity contribution in [2.24, 2.45) is 11.3 Å². The third-order valence-corrected chi connectivity index (χ3v) is 7.50. The van der Waals surface area contributed by atoms with Gasteiger partial charge in [0.05, 0.1) is 10.5 Å². The first-order chi connectivity index (χ1) is 6.73. The lowest BCUT2D eigenvalue weighted by molar-refractivity contribution is 0.367. The molecule has 1 saturated carbocycles. The van der Waals surface area contributed by atoms with Gasteiger partial charge in [0, 0.05) is 0 Å². The van der Waals surface area contributed by atoms with E-state index in [4.69, 9.17) is 0 Å². The van der Waals surface area contributed by atoms with E-state index < -0.39 is 14.6 Å². The van der Waals surface area contributed by atoms with Gasteiger partial charge >= 0.3 is 0 Å². The van der Waals surface area contributed by atoms with Crippen LogP contribution in [0.15, 0.2) is 0 Å². The van der Waals surface area contributed by atoms with Gasteiger partial charge in [-0.1, -0.05) is 27.2 Å². The third-order valence-electron chi connectivity index (χ3n) is 4.53. The Morgan fingerprint density at radius 1 is 1.33 bits per heavy atom. The highest BCUT2D eigenvalue weighted by Gasteiger charge is 2.62. The SMILES string of the molecule is CCCS(=O)(=O)C(C)(C)C1(C)CC1CC. The van der Waals surface area contributed by atoms with E-state index in [1.54, 1.807) is 0 Å². The quantitative estimate of drug-likeness (QED) is 0.730. The fourth-order valence-corrected chi connectivity index (χ4v) is 4.67. The third kappa shape index (κ3) is 1.83. The molecule has 0 saturated heterocycles. The lowest BCUT2D eigenvalue weighted by Crippen LogP contribution is -2.42. The standard InChI is InChI=1S/C12H24O2S/c1-6-8-15(13,14)11(3,4)12(5)9-10(12)7-2/h10H,6-9H2,1-5H3. The number of hydrogen-bond acceptors (Lipinski definition) is 2. The molecular weight excluding hydrogens is 208 g/mol. The van der Waals surface area contributed by atoms with Crippen LogP contribution in [0.1, 0.15) is 53.9 Å². The summed E-state index contributed by atoms with van der Waals surface area (Å²) in [4.78, 5) is 0. The lowest BCUT2D eigenvalue weighted by Gasteiger charge is -2.32. The van der Waals surface area contributed by atoms with Crippen LogP contribution >= 0.6 is 0 Å². The fourth-order valence-electron chi connectivity index (χ4n) is 2.66. The molecule has 0 aromatic heterocycles. The van der Waals surface area contributed by atoms with E-state index in [1.165, 1.54) is 0 Å². The van der Waals surface area contributed by atoms with E-state index in [0.29, 0.717) is 11.7 Å². The average Bonchev–Trinajstić information content (AvgIpc) is 2.78. The van der Waals surface area contributed by atoms with Crippen LogP contribution in [-0.4, -0.2) is 18.9 Å². The van der Waals surface area contributed by atoms with Crippen LogP contribution in [-0.2, 0) is 9.84 Å². The van der Waals surface area contributed by atoms with Crippen LogP contribution in [0.25, 0.3) is 0 Å². The van der Waals surface area contributed by atoms with E-state index in [9.17, 15) is 8.42 Å². The van der Waals surface area contributed by atoms with Crippen molar-refractivity contribution in [3.05, 3.63) is 0 Å². The summed E-state index contributed by atoms with van der Waals surface area (Å²) < 4.78 is 23.8. The van der Waals surface area contributed by atoms with E-state index in [-0.39, 0.29) is 5.41 Å². The van der Waals surface area contributed by atoms with Gasteiger partial charge in [-0.05, 0) is 38.0 Å². The minimum absolute atomic E-state index is 0.00968. The van der Waals surface area contributed by atoms with Gasteiger partial charge in [-0.25, -0.2) is 8.42 Å². The van der Waals surface area contributed by atoms with Gasteiger partial charge in [0.1, 0.15) is 0 Å². The molecule has 0 radical (unpaired) electrons. The summed E-state index contributed by atoms with van der Waals surface area (Å²) >= 11 is 0. The summed E-state index contributed by atoms with van der Waals surface area (Å²) in [5.41, 5.74) is 0.00968. The van der Waals surface area contributed by atoms with Crippen LogP contribution in [0.2, 0.25) is 0 Å². The smallest absolute Gasteiger partial charge is 0.155 e. The van der Waals surface area contributed by atoms with Crippen molar-refractivity contribution < 1.29 is 8.42 Å². The van der Waals surface area contributed by atoms with Crippen molar-refractivity contribution in [3.8, 4) is 0 Å². The molecule has 0 aromatic carbocycles. The lowest BCUT2D eigenvalue weighted by atomic mass is 9.90. The molecule has 1 aliphatic rings. The summed E-state index contributed by atoms with van der Waals surface area (Å²) in [6.45, 7) is 10.0. The van der Waals surface area contributed by atoms with Crippen molar-refractivity contribution in [2.45, 2.75) is 58.6 Å². The molecule has 0 heterocycles. The maximum Gasteiger partial charge on any atom is 0.155 e. The predicted molar refractivity (Wildman–Crippen MR) is 64.7 cm³/mol. The van der Waals surface area contributed by atoms with Crippen molar-refractivity contribution >= 4 is 9.84 Å². The second-order valence-corrected chi connectivity index (χ2v) is 8.21. The van der Waals surface area contributed by atoms with Gasteiger partial charge < -0.3 is 0 Å². The molecule has 3 heteroatoms. The molecular formula is C12H24O2S. The fraction of sp³-hybridized carbons (Fsp3) is 1.00. The average molecular weight is 232 g/mol. The molecule has 2 unspecified atom stereocenters. The first-order valence-electron chi connectivity index (χ1n) is 5.95. The maximum atomic E-state index is 12.2. The largest absolute Gasteiger partial charge is 0.228 e. The molecule has 1 rings (SSSR count). The summed E-state index contributed by atoms with van der Waals surface area (Å²) in [6.07, 6.45) is 2.89. The van der Waals surface area contributed by atoms with E-state index >= 15 is 0 Å². The highest BCUT2D eigenvalue weighted by Crippen LogP contribution is 2.63. The van der Waals surface area contributed by atoms with E-state index in [1.807, 2.05) is 20.8 Å². The van der Waals surface area contributed by atoms with E-state index in [2.05, 4.69) is 13.8 Å². The van der Waals surface area contributed by atoms with Gasteiger partial charge in [-0.15, -0.1) is 0 Å². The predicted octanol–water partition coefficient (Wildman–Crippen LogP) is 3.03. The van der Waals surface area contributed by atoms with Crippen LogP contribution < -0.4 is 0 Å². The van der Waals surface area contributed by atoms with Crippen LogP contribution in [0.3, 0.4) is 0 Å². The molecule has 2 nitrogen and oxygen atoms in total. The van der Waals surface area contributed by atoms with Gasteiger partial charge in [-0.2, -0.15) is 0 Å². The number of rotatable bonds is 5. The summed E-state index contributed by atoms with van der Waals surface area (Å²) in [6, 6.07) is 0. The monoisotopic (exact) mass is 232 g/mol. The van der Waals surface area contributed by atoms with Crippen LogP contribution in [0.4, 0.5) is 0 Å². The molecule has 0 bridgehead atoms. The first kappa shape index (κ1) is 13.0. The summed E-state index contributed by atoms with van der Waals surface area (Å²) in [7, 11) is -2.95. The topological polar surface area (TPSA) is 34.1 Å². The Balaban J connectivity index is 2.94.